The average molecular weight is 314 g/mol. The lowest BCUT2D eigenvalue weighted by molar-refractivity contribution is -0.125. The minimum atomic E-state index is 0.167. The molecule has 0 saturated carbocycles. The van der Waals surface area contributed by atoms with Crippen molar-refractivity contribution in [1.29, 1.82) is 0 Å². The number of piperidine rings is 1. The minimum absolute atomic E-state index is 0.167. The maximum atomic E-state index is 12.2. The van der Waals surface area contributed by atoms with E-state index in [4.69, 9.17) is 4.98 Å². The number of nitrogens with zero attached hydrogens (tertiary/aromatic N) is 2. The van der Waals surface area contributed by atoms with Gasteiger partial charge in [-0.2, -0.15) is 0 Å². The number of hydrogen-bond donors (Lipinski definition) is 2. The molecule has 2 N–H and O–H groups in total. The zero-order chi connectivity index (χ0) is 16.2. The van der Waals surface area contributed by atoms with Crippen molar-refractivity contribution in [2.45, 2.75) is 39.2 Å². The number of para-hydroxylation sites is 2. The molecule has 1 fully saturated rings. The molecule has 23 heavy (non-hydrogen) atoms. The van der Waals surface area contributed by atoms with Crippen molar-refractivity contribution in [3.8, 4) is 0 Å². The zero-order valence-electron chi connectivity index (χ0n) is 14.0. The molecule has 124 valence electrons. The molecule has 1 aromatic heterocycles. The third-order valence-electron chi connectivity index (χ3n) is 4.54. The molecule has 1 aliphatic heterocycles. The number of rotatable bonds is 5. The number of imidazole rings is 1. The summed E-state index contributed by atoms with van der Waals surface area (Å²) < 4.78 is 2.27. The summed E-state index contributed by atoms with van der Waals surface area (Å²) in [4.78, 5) is 17.0. The van der Waals surface area contributed by atoms with Gasteiger partial charge in [-0.3, -0.25) is 4.79 Å². The summed E-state index contributed by atoms with van der Waals surface area (Å²) >= 11 is 0. The predicted molar refractivity (Wildman–Crippen MR) is 92.4 cm³/mol. The molecule has 5 nitrogen and oxygen atoms in total. The first-order valence-electron chi connectivity index (χ1n) is 8.61. The smallest absolute Gasteiger partial charge is 0.223 e. The van der Waals surface area contributed by atoms with E-state index in [9.17, 15) is 4.79 Å². The summed E-state index contributed by atoms with van der Waals surface area (Å²) in [6.45, 7) is 6.89. The molecule has 0 atom stereocenters. The Morgan fingerprint density at radius 2 is 2.09 bits per heavy atom. The molecule has 0 radical (unpaired) electrons. The van der Waals surface area contributed by atoms with Crippen LogP contribution in [0.5, 0.6) is 0 Å². The summed E-state index contributed by atoms with van der Waals surface area (Å²) in [6.07, 6.45) is 2.65. The Morgan fingerprint density at radius 3 is 2.83 bits per heavy atom. The molecule has 2 heterocycles. The van der Waals surface area contributed by atoms with E-state index < -0.39 is 0 Å². The first-order chi connectivity index (χ1) is 11.2. The second-order valence-electron chi connectivity index (χ2n) is 6.55. The quantitative estimate of drug-likeness (QED) is 0.890. The van der Waals surface area contributed by atoms with Gasteiger partial charge in [-0.15, -0.1) is 0 Å². The van der Waals surface area contributed by atoms with Crippen molar-refractivity contribution >= 4 is 16.9 Å². The van der Waals surface area contributed by atoms with Crippen LogP contribution in [0.3, 0.4) is 0 Å². The van der Waals surface area contributed by atoms with Crippen molar-refractivity contribution in [2.24, 2.45) is 5.92 Å². The molecule has 3 rings (SSSR count). The Hall–Kier alpha value is -1.88. The maximum absolute atomic E-state index is 12.2. The minimum Gasteiger partial charge on any atom is -0.355 e. The fraction of sp³-hybridized carbons (Fsp3) is 0.556. The van der Waals surface area contributed by atoms with Gasteiger partial charge in [0.1, 0.15) is 5.82 Å². The van der Waals surface area contributed by atoms with Gasteiger partial charge in [0.2, 0.25) is 5.91 Å². The van der Waals surface area contributed by atoms with Crippen LogP contribution in [0.2, 0.25) is 0 Å². The molecule has 0 aliphatic carbocycles. The highest BCUT2D eigenvalue weighted by Crippen LogP contribution is 2.21. The van der Waals surface area contributed by atoms with Gasteiger partial charge < -0.3 is 15.2 Å². The monoisotopic (exact) mass is 314 g/mol. The van der Waals surface area contributed by atoms with Gasteiger partial charge in [0.15, 0.2) is 0 Å². The third kappa shape index (κ3) is 3.55. The largest absolute Gasteiger partial charge is 0.355 e. The topological polar surface area (TPSA) is 59.0 Å². The van der Waals surface area contributed by atoms with E-state index in [0.717, 1.165) is 43.7 Å². The Kier molecular flexibility index (Phi) is 4.96. The SMILES string of the molecule is CC(C)n1c(CCNC(=O)C2CCNCC2)nc2ccccc21. The number of nitrogens with one attached hydrogen (secondary N) is 2. The Morgan fingerprint density at radius 1 is 1.35 bits per heavy atom. The Labute approximate surface area is 137 Å². The van der Waals surface area contributed by atoms with Crippen LogP contribution in [0.25, 0.3) is 11.0 Å². The number of amides is 1. The standard InChI is InChI=1S/C18H26N4O/c1-13(2)22-16-6-4-3-5-15(16)21-17(22)9-12-20-18(23)14-7-10-19-11-8-14/h3-6,13-14,19H,7-12H2,1-2H3,(H,20,23). The molecule has 0 spiro atoms. The van der Waals surface area contributed by atoms with Crippen LogP contribution >= 0.6 is 0 Å². The molecule has 1 aliphatic rings. The average Bonchev–Trinajstić information content (AvgIpc) is 2.94. The maximum Gasteiger partial charge on any atom is 0.223 e. The molecule has 0 bridgehead atoms. The molecular formula is C18H26N4O. The van der Waals surface area contributed by atoms with Gasteiger partial charge in [-0.05, 0) is 51.9 Å². The lowest BCUT2D eigenvalue weighted by Gasteiger charge is -2.21. The van der Waals surface area contributed by atoms with E-state index in [0.29, 0.717) is 12.6 Å². The summed E-state index contributed by atoms with van der Waals surface area (Å²) in [5.41, 5.74) is 2.20. The van der Waals surface area contributed by atoms with Crippen molar-refractivity contribution in [3.63, 3.8) is 0 Å². The number of carbonyl (C=O) groups is 1. The lowest BCUT2D eigenvalue weighted by atomic mass is 9.97. The highest BCUT2D eigenvalue weighted by Gasteiger charge is 2.20. The first-order valence-corrected chi connectivity index (χ1v) is 8.61. The number of aromatic nitrogens is 2. The van der Waals surface area contributed by atoms with E-state index in [2.05, 4.69) is 35.1 Å². The van der Waals surface area contributed by atoms with Crippen molar-refractivity contribution in [2.75, 3.05) is 19.6 Å². The fourth-order valence-electron chi connectivity index (χ4n) is 3.37. The normalized spacial score (nSPS) is 16.1. The molecular weight excluding hydrogens is 288 g/mol. The van der Waals surface area contributed by atoms with Gasteiger partial charge in [-0.25, -0.2) is 4.98 Å². The van der Waals surface area contributed by atoms with Gasteiger partial charge >= 0.3 is 0 Å². The van der Waals surface area contributed by atoms with Crippen LogP contribution in [0.1, 0.15) is 38.6 Å². The van der Waals surface area contributed by atoms with E-state index in [1.54, 1.807) is 0 Å². The summed E-state index contributed by atoms with van der Waals surface area (Å²) in [5, 5.41) is 6.38. The van der Waals surface area contributed by atoms with Crippen LogP contribution in [-0.4, -0.2) is 35.1 Å². The summed E-state index contributed by atoms with van der Waals surface area (Å²) in [5.74, 6) is 1.41. The number of hydrogen-bond acceptors (Lipinski definition) is 3. The second kappa shape index (κ2) is 7.13. The summed E-state index contributed by atoms with van der Waals surface area (Å²) in [7, 11) is 0. The lowest BCUT2D eigenvalue weighted by Crippen LogP contribution is -2.39. The Bertz CT molecular complexity index is 671. The van der Waals surface area contributed by atoms with Crippen LogP contribution < -0.4 is 10.6 Å². The van der Waals surface area contributed by atoms with Crippen molar-refractivity contribution in [1.82, 2.24) is 20.2 Å². The van der Waals surface area contributed by atoms with Gasteiger partial charge in [0.05, 0.1) is 11.0 Å². The van der Waals surface area contributed by atoms with E-state index in [1.165, 1.54) is 5.52 Å². The van der Waals surface area contributed by atoms with E-state index in [1.807, 2.05) is 18.2 Å². The highest BCUT2D eigenvalue weighted by molar-refractivity contribution is 5.79. The molecule has 0 unspecified atom stereocenters. The van der Waals surface area contributed by atoms with Gasteiger partial charge in [0.25, 0.3) is 0 Å². The van der Waals surface area contributed by atoms with Crippen LogP contribution in [0, 0.1) is 5.92 Å². The first kappa shape index (κ1) is 16.0. The van der Waals surface area contributed by atoms with Gasteiger partial charge in [-0.1, -0.05) is 12.1 Å². The summed E-state index contributed by atoms with van der Waals surface area (Å²) in [6, 6.07) is 8.58. The Balaban J connectivity index is 1.65. The van der Waals surface area contributed by atoms with E-state index in [-0.39, 0.29) is 11.8 Å². The van der Waals surface area contributed by atoms with Crippen LogP contribution in [0.15, 0.2) is 24.3 Å². The highest BCUT2D eigenvalue weighted by atomic mass is 16.1. The number of fused-ring (bicyclic) bond motifs is 1. The second-order valence-corrected chi connectivity index (χ2v) is 6.55. The van der Waals surface area contributed by atoms with Crippen molar-refractivity contribution < 1.29 is 4.79 Å². The van der Waals surface area contributed by atoms with E-state index >= 15 is 0 Å². The zero-order valence-corrected chi connectivity index (χ0v) is 14.0. The van der Waals surface area contributed by atoms with Gasteiger partial charge in [0, 0.05) is 24.9 Å². The number of carbonyl (C=O) groups excluding carboxylic acids is 1. The predicted octanol–water partition coefficient (Wildman–Crippen LogP) is 2.28. The molecule has 1 saturated heterocycles. The fourth-order valence-corrected chi connectivity index (χ4v) is 3.37. The molecule has 5 heteroatoms. The van der Waals surface area contributed by atoms with Crippen molar-refractivity contribution in [3.05, 3.63) is 30.1 Å². The molecule has 1 amide bonds. The van der Waals surface area contributed by atoms with Crippen LogP contribution in [-0.2, 0) is 11.2 Å². The third-order valence-corrected chi connectivity index (χ3v) is 4.54. The number of benzene rings is 1. The molecule has 1 aromatic carbocycles. The molecule has 2 aromatic rings. The van der Waals surface area contributed by atoms with Crippen LogP contribution in [0.4, 0.5) is 0 Å².